The minimum Gasteiger partial charge on any atom is -0.441 e. The minimum absolute atomic E-state index is 0.365. The number of benzene rings is 2. The van der Waals surface area contributed by atoms with E-state index in [1.54, 1.807) is 0 Å². The van der Waals surface area contributed by atoms with Crippen LogP contribution in [0.2, 0.25) is 0 Å². The highest BCUT2D eigenvalue weighted by Gasteiger charge is 2.09. The van der Waals surface area contributed by atoms with Crippen LogP contribution in [0, 0.1) is 6.92 Å². The summed E-state index contributed by atoms with van der Waals surface area (Å²) in [5, 5.41) is 2.46. The zero-order valence-corrected chi connectivity index (χ0v) is 11.5. The second-order valence-corrected chi connectivity index (χ2v) is 5.29. The molecule has 0 atom stereocenters. The van der Waals surface area contributed by atoms with E-state index in [-0.39, 0.29) is 0 Å². The standard InChI is InChI=1S/C17H17NO/c1-11(2)16-10-18-17(19-16)14-7-6-13-5-4-12(3)8-15(13)9-14/h4-11H,1-3H3. The number of fused-ring (bicyclic) bond motifs is 1. The summed E-state index contributed by atoms with van der Waals surface area (Å²) in [6.07, 6.45) is 1.82. The Balaban J connectivity index is 2.08. The van der Waals surface area contributed by atoms with E-state index in [0.717, 1.165) is 11.3 Å². The fourth-order valence-corrected chi connectivity index (χ4v) is 2.19. The summed E-state index contributed by atoms with van der Waals surface area (Å²) >= 11 is 0. The maximum absolute atomic E-state index is 5.80. The fourth-order valence-electron chi connectivity index (χ4n) is 2.19. The quantitative estimate of drug-likeness (QED) is 0.645. The first kappa shape index (κ1) is 12.0. The van der Waals surface area contributed by atoms with Crippen LogP contribution in [0.1, 0.15) is 31.1 Å². The third-order valence-corrected chi connectivity index (χ3v) is 3.34. The van der Waals surface area contributed by atoms with Gasteiger partial charge in [-0.3, -0.25) is 0 Å². The SMILES string of the molecule is Cc1ccc2ccc(-c3ncc(C(C)C)o3)cc2c1. The number of nitrogens with zero attached hydrogens (tertiary/aromatic N) is 1. The Kier molecular flexibility index (Phi) is 2.86. The van der Waals surface area contributed by atoms with Gasteiger partial charge in [0.2, 0.25) is 5.89 Å². The van der Waals surface area contributed by atoms with Crippen LogP contribution >= 0.6 is 0 Å². The molecule has 2 heteroatoms. The smallest absolute Gasteiger partial charge is 0.226 e. The Bertz CT molecular complexity index is 725. The normalized spacial score (nSPS) is 11.4. The minimum atomic E-state index is 0.365. The monoisotopic (exact) mass is 251 g/mol. The number of rotatable bonds is 2. The molecule has 0 aliphatic rings. The maximum Gasteiger partial charge on any atom is 0.226 e. The lowest BCUT2D eigenvalue weighted by molar-refractivity contribution is 0.495. The summed E-state index contributed by atoms with van der Waals surface area (Å²) in [5.41, 5.74) is 2.30. The highest BCUT2D eigenvalue weighted by molar-refractivity contribution is 5.86. The van der Waals surface area contributed by atoms with Crippen LogP contribution in [0.15, 0.2) is 47.0 Å². The Morgan fingerprint density at radius 1 is 1.00 bits per heavy atom. The van der Waals surface area contributed by atoms with Crippen LogP contribution < -0.4 is 0 Å². The molecule has 0 radical (unpaired) electrons. The van der Waals surface area contributed by atoms with Crippen LogP contribution in [-0.4, -0.2) is 4.98 Å². The van der Waals surface area contributed by atoms with Crippen molar-refractivity contribution in [2.75, 3.05) is 0 Å². The third kappa shape index (κ3) is 2.26. The summed E-state index contributed by atoms with van der Waals surface area (Å²) < 4.78 is 5.80. The summed E-state index contributed by atoms with van der Waals surface area (Å²) in [4.78, 5) is 4.37. The van der Waals surface area contributed by atoms with Gasteiger partial charge in [-0.15, -0.1) is 0 Å². The lowest BCUT2D eigenvalue weighted by Crippen LogP contribution is -1.81. The van der Waals surface area contributed by atoms with Gasteiger partial charge in [-0.1, -0.05) is 43.7 Å². The first-order valence-electron chi connectivity index (χ1n) is 6.60. The van der Waals surface area contributed by atoms with Gasteiger partial charge in [-0.2, -0.15) is 0 Å². The van der Waals surface area contributed by atoms with Crippen molar-refractivity contribution < 1.29 is 4.42 Å². The van der Waals surface area contributed by atoms with Gasteiger partial charge in [0.15, 0.2) is 0 Å². The van der Waals surface area contributed by atoms with E-state index in [0.29, 0.717) is 11.8 Å². The van der Waals surface area contributed by atoms with Crippen molar-refractivity contribution in [2.24, 2.45) is 0 Å². The molecule has 0 bridgehead atoms. The Hall–Kier alpha value is -2.09. The second-order valence-electron chi connectivity index (χ2n) is 5.29. The predicted octanol–water partition coefficient (Wildman–Crippen LogP) is 4.93. The van der Waals surface area contributed by atoms with Crippen LogP contribution in [0.5, 0.6) is 0 Å². The first-order valence-corrected chi connectivity index (χ1v) is 6.60. The van der Waals surface area contributed by atoms with Gasteiger partial charge in [0.05, 0.1) is 6.20 Å². The third-order valence-electron chi connectivity index (χ3n) is 3.34. The number of aryl methyl sites for hydroxylation is 1. The van der Waals surface area contributed by atoms with Crippen molar-refractivity contribution >= 4 is 10.8 Å². The summed E-state index contributed by atoms with van der Waals surface area (Å²) in [5.74, 6) is 2.00. The van der Waals surface area contributed by atoms with E-state index in [4.69, 9.17) is 4.42 Å². The molecule has 2 nitrogen and oxygen atoms in total. The lowest BCUT2D eigenvalue weighted by Gasteiger charge is -2.02. The number of hydrogen-bond acceptors (Lipinski definition) is 2. The largest absolute Gasteiger partial charge is 0.441 e. The fraction of sp³-hybridized carbons (Fsp3) is 0.235. The topological polar surface area (TPSA) is 26.0 Å². The van der Waals surface area contributed by atoms with Crippen LogP contribution in [-0.2, 0) is 0 Å². The lowest BCUT2D eigenvalue weighted by atomic mass is 10.0. The molecule has 0 aliphatic heterocycles. The predicted molar refractivity (Wildman–Crippen MR) is 78.3 cm³/mol. The van der Waals surface area contributed by atoms with Gasteiger partial charge < -0.3 is 4.42 Å². The summed E-state index contributed by atoms with van der Waals surface area (Å²) in [7, 11) is 0. The van der Waals surface area contributed by atoms with Gasteiger partial charge in [0.1, 0.15) is 5.76 Å². The zero-order valence-electron chi connectivity index (χ0n) is 11.5. The average Bonchev–Trinajstić information content (AvgIpc) is 2.87. The zero-order chi connectivity index (χ0) is 13.4. The van der Waals surface area contributed by atoms with Gasteiger partial charge in [0.25, 0.3) is 0 Å². The molecule has 0 N–H and O–H groups in total. The molecule has 0 amide bonds. The number of aromatic nitrogens is 1. The molecule has 0 aliphatic carbocycles. The molecule has 0 fully saturated rings. The highest BCUT2D eigenvalue weighted by Crippen LogP contribution is 2.26. The van der Waals surface area contributed by atoms with Crippen LogP contribution in [0.4, 0.5) is 0 Å². The van der Waals surface area contributed by atoms with Gasteiger partial charge in [-0.25, -0.2) is 4.98 Å². The van der Waals surface area contributed by atoms with Crippen molar-refractivity contribution in [2.45, 2.75) is 26.7 Å². The molecular formula is C17H17NO. The van der Waals surface area contributed by atoms with Gasteiger partial charge in [0, 0.05) is 11.5 Å². The van der Waals surface area contributed by atoms with E-state index < -0.39 is 0 Å². The van der Waals surface area contributed by atoms with Crippen molar-refractivity contribution in [1.29, 1.82) is 0 Å². The summed E-state index contributed by atoms with van der Waals surface area (Å²) in [6, 6.07) is 12.8. The van der Waals surface area contributed by atoms with Gasteiger partial charge in [-0.05, 0) is 29.8 Å². The first-order chi connectivity index (χ1) is 9.13. The second kappa shape index (κ2) is 4.54. The Morgan fingerprint density at radius 3 is 2.53 bits per heavy atom. The average molecular weight is 251 g/mol. The van der Waals surface area contributed by atoms with E-state index in [1.165, 1.54) is 16.3 Å². The van der Waals surface area contributed by atoms with Crippen LogP contribution in [0.3, 0.4) is 0 Å². The van der Waals surface area contributed by atoms with Gasteiger partial charge >= 0.3 is 0 Å². The Morgan fingerprint density at radius 2 is 1.79 bits per heavy atom. The molecule has 2 aromatic carbocycles. The summed E-state index contributed by atoms with van der Waals surface area (Å²) in [6.45, 7) is 6.32. The molecule has 1 aromatic heterocycles. The number of oxazole rings is 1. The molecule has 3 rings (SSSR count). The molecule has 0 saturated heterocycles. The van der Waals surface area contributed by atoms with E-state index in [2.05, 4.69) is 62.2 Å². The van der Waals surface area contributed by atoms with E-state index >= 15 is 0 Å². The van der Waals surface area contributed by atoms with Crippen molar-refractivity contribution in [3.8, 4) is 11.5 Å². The molecule has 96 valence electrons. The molecule has 0 saturated carbocycles. The van der Waals surface area contributed by atoms with Crippen molar-refractivity contribution in [3.63, 3.8) is 0 Å². The molecule has 19 heavy (non-hydrogen) atoms. The van der Waals surface area contributed by atoms with Crippen molar-refractivity contribution in [1.82, 2.24) is 4.98 Å². The van der Waals surface area contributed by atoms with E-state index in [9.17, 15) is 0 Å². The molecule has 1 heterocycles. The number of hydrogen-bond donors (Lipinski definition) is 0. The van der Waals surface area contributed by atoms with Crippen LogP contribution in [0.25, 0.3) is 22.2 Å². The molecular weight excluding hydrogens is 234 g/mol. The maximum atomic E-state index is 5.80. The molecule has 0 unspecified atom stereocenters. The Labute approximate surface area is 113 Å². The van der Waals surface area contributed by atoms with Crippen molar-refractivity contribution in [3.05, 3.63) is 53.9 Å². The highest BCUT2D eigenvalue weighted by atomic mass is 16.4. The molecule has 3 aromatic rings. The van der Waals surface area contributed by atoms with E-state index in [1.807, 2.05) is 6.20 Å². The molecule has 0 spiro atoms.